The van der Waals surface area contributed by atoms with Gasteiger partial charge >= 0.3 is 0 Å². The molecule has 0 radical (unpaired) electrons. The van der Waals surface area contributed by atoms with Gasteiger partial charge in [0.05, 0.1) is 21.6 Å². The molecule has 4 rings (SSSR count). The van der Waals surface area contributed by atoms with Crippen LogP contribution in [0.1, 0.15) is 0 Å². The molecule has 19 heavy (non-hydrogen) atoms. The van der Waals surface area contributed by atoms with Crippen molar-refractivity contribution in [3.05, 3.63) is 52.5 Å². The number of H-pyrrole nitrogens is 1. The van der Waals surface area contributed by atoms with Crippen LogP contribution in [0.5, 0.6) is 0 Å². The Bertz CT molecular complexity index is 941. The van der Waals surface area contributed by atoms with Gasteiger partial charge in [-0.25, -0.2) is 4.98 Å². The average Bonchev–Trinajstić information content (AvgIpc) is 2.78. The van der Waals surface area contributed by atoms with Gasteiger partial charge in [-0.15, -0.1) is 0 Å². The number of aromatic amines is 1. The Kier molecular flexibility index (Phi) is 2.25. The van der Waals surface area contributed by atoms with Crippen LogP contribution in [0.2, 0.25) is 10.0 Å². The maximum Gasteiger partial charge on any atom is 0.0981 e. The molecule has 0 aliphatic rings. The normalized spacial score (nSPS) is 11.7. The van der Waals surface area contributed by atoms with Crippen molar-refractivity contribution in [2.45, 2.75) is 0 Å². The Labute approximate surface area is 119 Å². The van der Waals surface area contributed by atoms with Gasteiger partial charge in [0, 0.05) is 21.3 Å². The lowest BCUT2D eigenvalue weighted by Crippen LogP contribution is -1.82. The highest BCUT2D eigenvalue weighted by Crippen LogP contribution is 2.34. The molecule has 0 amide bonds. The van der Waals surface area contributed by atoms with E-state index in [9.17, 15) is 0 Å². The van der Waals surface area contributed by atoms with Gasteiger partial charge in [-0.2, -0.15) is 0 Å². The lowest BCUT2D eigenvalue weighted by Gasteiger charge is -2.01. The predicted octanol–water partition coefficient (Wildman–Crippen LogP) is 5.18. The van der Waals surface area contributed by atoms with Crippen molar-refractivity contribution >= 4 is 56.0 Å². The summed E-state index contributed by atoms with van der Waals surface area (Å²) in [5.74, 6) is 0. The second-order valence-corrected chi connectivity index (χ2v) is 5.30. The fourth-order valence-electron chi connectivity index (χ4n) is 2.44. The van der Waals surface area contributed by atoms with Gasteiger partial charge in [0.25, 0.3) is 0 Å². The third-order valence-corrected chi connectivity index (χ3v) is 3.95. The Morgan fingerprint density at radius 3 is 2.68 bits per heavy atom. The van der Waals surface area contributed by atoms with Crippen molar-refractivity contribution in [3.63, 3.8) is 0 Å². The summed E-state index contributed by atoms with van der Waals surface area (Å²) in [5, 5.41) is 3.34. The minimum Gasteiger partial charge on any atom is -0.352 e. The van der Waals surface area contributed by atoms with Crippen LogP contribution in [0.15, 0.2) is 42.5 Å². The molecular formula is C15H8Cl2N2. The quantitative estimate of drug-likeness (QED) is 0.474. The van der Waals surface area contributed by atoms with Crippen molar-refractivity contribution in [2.75, 3.05) is 0 Å². The van der Waals surface area contributed by atoms with Gasteiger partial charge in [0.15, 0.2) is 0 Å². The molecule has 0 aliphatic carbocycles. The number of nitrogens with zero attached hydrogens (tertiary/aromatic N) is 1. The molecule has 1 N–H and O–H groups in total. The van der Waals surface area contributed by atoms with Crippen molar-refractivity contribution in [1.82, 2.24) is 9.97 Å². The van der Waals surface area contributed by atoms with Gasteiger partial charge < -0.3 is 4.98 Å². The van der Waals surface area contributed by atoms with Crippen molar-refractivity contribution in [1.29, 1.82) is 0 Å². The number of nitrogens with one attached hydrogen (secondary N) is 1. The second kappa shape index (κ2) is 3.86. The van der Waals surface area contributed by atoms with E-state index in [-0.39, 0.29) is 0 Å². The smallest absolute Gasteiger partial charge is 0.0981 e. The van der Waals surface area contributed by atoms with Crippen LogP contribution < -0.4 is 0 Å². The number of hydrogen-bond donors (Lipinski definition) is 1. The molecule has 2 heterocycles. The lowest BCUT2D eigenvalue weighted by molar-refractivity contribution is 1.49. The summed E-state index contributed by atoms with van der Waals surface area (Å²) >= 11 is 12.5. The third-order valence-electron chi connectivity index (χ3n) is 3.33. The largest absolute Gasteiger partial charge is 0.352 e. The minimum absolute atomic E-state index is 0.694. The van der Waals surface area contributed by atoms with Crippen molar-refractivity contribution < 1.29 is 0 Å². The number of benzene rings is 2. The molecule has 0 saturated carbocycles. The van der Waals surface area contributed by atoms with Crippen LogP contribution in [-0.2, 0) is 0 Å². The Morgan fingerprint density at radius 2 is 1.79 bits per heavy atom. The maximum absolute atomic E-state index is 6.48. The van der Waals surface area contributed by atoms with Crippen LogP contribution >= 0.6 is 23.2 Å². The third kappa shape index (κ3) is 1.54. The molecule has 0 saturated heterocycles. The Morgan fingerprint density at radius 1 is 0.947 bits per heavy atom. The summed E-state index contributed by atoms with van der Waals surface area (Å²) in [7, 11) is 0. The fourth-order valence-corrected chi connectivity index (χ4v) is 2.91. The van der Waals surface area contributed by atoms with Crippen LogP contribution in [0, 0.1) is 0 Å². The molecule has 0 unspecified atom stereocenters. The average molecular weight is 287 g/mol. The maximum atomic E-state index is 6.48. The molecule has 2 aromatic heterocycles. The highest BCUT2D eigenvalue weighted by atomic mass is 35.5. The van der Waals surface area contributed by atoms with E-state index in [1.54, 1.807) is 0 Å². The van der Waals surface area contributed by atoms with Crippen molar-refractivity contribution in [3.8, 4) is 0 Å². The van der Waals surface area contributed by atoms with Gasteiger partial charge in [-0.05, 0) is 24.3 Å². The van der Waals surface area contributed by atoms with E-state index < -0.39 is 0 Å². The van der Waals surface area contributed by atoms with Crippen LogP contribution in [0.3, 0.4) is 0 Å². The second-order valence-electron chi connectivity index (χ2n) is 4.48. The molecule has 92 valence electrons. The van der Waals surface area contributed by atoms with Gasteiger partial charge in [-0.3, -0.25) is 0 Å². The van der Waals surface area contributed by atoms with E-state index >= 15 is 0 Å². The zero-order valence-electron chi connectivity index (χ0n) is 9.74. The first-order valence-corrected chi connectivity index (χ1v) is 6.65. The minimum atomic E-state index is 0.694. The van der Waals surface area contributed by atoms with Crippen molar-refractivity contribution in [2.24, 2.45) is 0 Å². The summed E-state index contributed by atoms with van der Waals surface area (Å²) in [6.45, 7) is 0. The molecule has 4 heteroatoms. The summed E-state index contributed by atoms with van der Waals surface area (Å²) in [5.41, 5.74) is 3.60. The highest BCUT2D eigenvalue weighted by Gasteiger charge is 2.12. The zero-order chi connectivity index (χ0) is 13.0. The fraction of sp³-hybridized carbons (Fsp3) is 0. The van der Waals surface area contributed by atoms with Gasteiger partial charge in [0.2, 0.25) is 0 Å². The predicted molar refractivity (Wildman–Crippen MR) is 81.1 cm³/mol. The molecule has 0 fully saturated rings. The van der Waals surface area contributed by atoms with Crippen LogP contribution in [0.4, 0.5) is 0 Å². The summed E-state index contributed by atoms with van der Waals surface area (Å²) in [6.07, 6.45) is 0. The number of hydrogen-bond acceptors (Lipinski definition) is 1. The molecule has 2 aromatic carbocycles. The van der Waals surface area contributed by atoms with E-state index in [0.717, 1.165) is 32.8 Å². The SMILES string of the molecule is Clc1ccc2[nH]c3c(Cl)c4ccccc4nc3c2c1. The van der Waals surface area contributed by atoms with E-state index in [0.29, 0.717) is 10.0 Å². The first-order chi connectivity index (χ1) is 9.24. The first-order valence-electron chi connectivity index (χ1n) is 5.89. The molecule has 0 spiro atoms. The number of halogens is 2. The molecule has 2 nitrogen and oxygen atoms in total. The molecule has 0 aliphatic heterocycles. The Hall–Kier alpha value is -1.77. The lowest BCUT2D eigenvalue weighted by atomic mass is 10.2. The molecule has 4 aromatic rings. The molecule has 0 bridgehead atoms. The number of rotatable bonds is 0. The summed E-state index contributed by atoms with van der Waals surface area (Å²) < 4.78 is 0. The number of fused-ring (bicyclic) bond motifs is 4. The van der Waals surface area contributed by atoms with E-state index in [2.05, 4.69) is 4.98 Å². The first kappa shape index (κ1) is 11.1. The number of para-hydroxylation sites is 1. The van der Waals surface area contributed by atoms with Gasteiger partial charge in [-0.1, -0.05) is 41.4 Å². The molecule has 0 atom stereocenters. The molecular weight excluding hydrogens is 279 g/mol. The number of pyridine rings is 1. The van der Waals surface area contributed by atoms with Crippen LogP contribution in [0.25, 0.3) is 32.8 Å². The van der Waals surface area contributed by atoms with Crippen LogP contribution in [-0.4, -0.2) is 9.97 Å². The number of aromatic nitrogens is 2. The standard InChI is InChI=1S/C15H8Cl2N2/c16-8-5-6-12-10(7-8)14-15(19-12)13(17)9-3-1-2-4-11(9)18-14/h1-7,19H. The van der Waals surface area contributed by atoms with E-state index in [1.807, 2.05) is 42.5 Å². The van der Waals surface area contributed by atoms with E-state index in [1.165, 1.54) is 0 Å². The van der Waals surface area contributed by atoms with E-state index in [4.69, 9.17) is 28.2 Å². The highest BCUT2D eigenvalue weighted by molar-refractivity contribution is 6.41. The summed E-state index contributed by atoms with van der Waals surface area (Å²) in [4.78, 5) is 8.01. The summed E-state index contributed by atoms with van der Waals surface area (Å²) in [6, 6.07) is 13.6. The monoisotopic (exact) mass is 286 g/mol. The topological polar surface area (TPSA) is 28.7 Å². The van der Waals surface area contributed by atoms with Gasteiger partial charge in [0.1, 0.15) is 0 Å². The zero-order valence-corrected chi connectivity index (χ0v) is 11.3. The Balaban J connectivity index is 2.30.